The lowest BCUT2D eigenvalue weighted by atomic mass is 9.94. The van der Waals surface area contributed by atoms with Crippen molar-refractivity contribution in [1.82, 2.24) is 5.32 Å². The molecule has 0 radical (unpaired) electrons. The molecule has 0 aromatic carbocycles. The van der Waals surface area contributed by atoms with Gasteiger partial charge in [0.2, 0.25) is 0 Å². The molecule has 0 saturated carbocycles. The maximum Gasteiger partial charge on any atom is 0.140 e. The van der Waals surface area contributed by atoms with E-state index >= 15 is 0 Å². The third kappa shape index (κ3) is 4.07. The molecule has 1 N–H and O–H groups in total. The largest absolute Gasteiger partial charge is 0.317 e. The van der Waals surface area contributed by atoms with Crippen molar-refractivity contribution in [3.8, 4) is 0 Å². The fraction of sp³-hybridized carbons (Fsp3) is 1.00. The highest BCUT2D eigenvalue weighted by molar-refractivity contribution is 7.72. The summed E-state index contributed by atoms with van der Waals surface area (Å²) in [6.07, 6.45) is 4.37. The summed E-state index contributed by atoms with van der Waals surface area (Å²) in [4.78, 5) is 0. The Labute approximate surface area is 75.5 Å². The van der Waals surface area contributed by atoms with Crippen LogP contribution in [0, 0.1) is 5.92 Å². The topological polar surface area (TPSA) is 46.2 Å². The molecule has 0 amide bonds. The molecule has 1 fully saturated rings. The Morgan fingerprint density at radius 1 is 1.25 bits per heavy atom. The van der Waals surface area contributed by atoms with E-state index in [2.05, 4.69) is 5.32 Å². The van der Waals surface area contributed by atoms with Crippen molar-refractivity contribution in [2.45, 2.75) is 25.7 Å². The molecule has 1 rings (SSSR count). The van der Waals surface area contributed by atoms with Crippen molar-refractivity contribution in [3.05, 3.63) is 0 Å². The average molecular weight is 191 g/mol. The van der Waals surface area contributed by atoms with Gasteiger partial charge >= 0.3 is 0 Å². The summed E-state index contributed by atoms with van der Waals surface area (Å²) < 4.78 is 20.5. The Kier molecular flexibility index (Phi) is 4.61. The number of hydrogen-bond donors (Lipinski definition) is 2. The summed E-state index contributed by atoms with van der Waals surface area (Å²) >= 11 is 0. The molecule has 1 aliphatic heterocycles. The second kappa shape index (κ2) is 5.54. The van der Waals surface area contributed by atoms with Gasteiger partial charge in [0.25, 0.3) is 0 Å². The lowest BCUT2D eigenvalue weighted by Crippen LogP contribution is -2.27. The van der Waals surface area contributed by atoms with Crippen LogP contribution in [0.1, 0.15) is 25.7 Å². The van der Waals surface area contributed by atoms with Crippen LogP contribution < -0.4 is 5.32 Å². The zero-order valence-corrected chi connectivity index (χ0v) is 8.19. The van der Waals surface area contributed by atoms with Crippen molar-refractivity contribution >= 4 is 10.7 Å². The lowest BCUT2D eigenvalue weighted by molar-refractivity contribution is 0.352. The predicted molar refractivity (Wildman–Crippen MR) is 50.0 cm³/mol. The van der Waals surface area contributed by atoms with Gasteiger partial charge in [-0.2, -0.15) is 0 Å². The first-order chi connectivity index (χ1) is 5.79. The minimum Gasteiger partial charge on any atom is -0.317 e. The van der Waals surface area contributed by atoms with Gasteiger partial charge in [-0.3, -0.25) is 0 Å². The summed E-state index contributed by atoms with van der Waals surface area (Å²) in [5, 5.41) is 3.29. The molecular formula is C8H17NO2S. The first-order valence-corrected chi connectivity index (χ1v) is 5.98. The molecule has 3 nitrogen and oxygen atoms in total. The number of piperidine rings is 1. The second-order valence-corrected chi connectivity index (χ2v) is 4.50. The fourth-order valence-electron chi connectivity index (χ4n) is 1.68. The van der Waals surface area contributed by atoms with E-state index in [1.165, 1.54) is 12.8 Å². The Morgan fingerprint density at radius 3 is 2.50 bits per heavy atom. The molecule has 0 bridgehead atoms. The zero-order chi connectivity index (χ0) is 8.81. The average Bonchev–Trinajstić information content (AvgIpc) is 2.05. The summed E-state index contributed by atoms with van der Waals surface area (Å²) in [7, 11) is -2.14. The van der Waals surface area contributed by atoms with Gasteiger partial charge in [0.05, 0.1) is 0 Å². The van der Waals surface area contributed by atoms with E-state index < -0.39 is 10.7 Å². The van der Waals surface area contributed by atoms with Crippen molar-refractivity contribution in [2.75, 3.05) is 18.8 Å². The third-order valence-electron chi connectivity index (χ3n) is 2.41. The molecule has 4 heteroatoms. The van der Waals surface area contributed by atoms with Gasteiger partial charge in [0.15, 0.2) is 0 Å². The lowest BCUT2D eigenvalue weighted by Gasteiger charge is -2.21. The van der Waals surface area contributed by atoms with Gasteiger partial charge < -0.3 is 5.32 Å². The van der Waals surface area contributed by atoms with Crippen LogP contribution in [-0.4, -0.2) is 27.3 Å². The highest BCUT2D eigenvalue weighted by Gasteiger charge is 2.11. The minimum atomic E-state index is -2.14. The van der Waals surface area contributed by atoms with Gasteiger partial charge in [-0.15, -0.1) is 0 Å². The van der Waals surface area contributed by atoms with Crippen LogP contribution in [-0.2, 0) is 10.7 Å². The Bertz CT molecular complexity index is 177. The van der Waals surface area contributed by atoms with Crippen LogP contribution in [0.5, 0.6) is 0 Å². The molecule has 0 aromatic rings. The molecule has 0 unspecified atom stereocenters. The smallest absolute Gasteiger partial charge is 0.140 e. The van der Waals surface area contributed by atoms with Gasteiger partial charge in [-0.1, -0.05) is 0 Å². The summed E-state index contributed by atoms with van der Waals surface area (Å²) in [5.41, 5.74) is 0. The summed E-state index contributed by atoms with van der Waals surface area (Å²) in [6, 6.07) is 0. The van der Waals surface area contributed by atoms with Crippen LogP contribution in [0.2, 0.25) is 0 Å². The van der Waals surface area contributed by atoms with Gasteiger partial charge in [-0.05, 0) is 44.7 Å². The monoisotopic (exact) mass is 191 g/mol. The highest BCUT2D eigenvalue weighted by Crippen LogP contribution is 2.17. The molecule has 0 aliphatic carbocycles. The molecule has 1 heterocycles. The normalized spacial score (nSPS) is 20.1. The van der Waals surface area contributed by atoms with Crippen molar-refractivity contribution in [2.24, 2.45) is 5.92 Å². The van der Waals surface area contributed by atoms with Crippen LogP contribution in [0.25, 0.3) is 0 Å². The van der Waals surface area contributed by atoms with E-state index in [9.17, 15) is 8.42 Å². The first kappa shape index (κ1) is 9.99. The van der Waals surface area contributed by atoms with E-state index in [-0.39, 0.29) is 0 Å². The van der Waals surface area contributed by atoms with Crippen LogP contribution in [0.3, 0.4) is 0 Å². The van der Waals surface area contributed by atoms with E-state index in [1.54, 1.807) is 0 Å². The van der Waals surface area contributed by atoms with E-state index in [0.717, 1.165) is 31.8 Å². The molecule has 0 atom stereocenters. The molecule has 72 valence electrons. The molecule has 1 aliphatic rings. The standard InChI is InChI=1S/C8H17NO2S/c10-12(11)7-1-2-8-3-5-9-6-4-8/h8-9,12H,1-7H2. The number of hydrogen-bond acceptors (Lipinski definition) is 3. The fourth-order valence-corrected chi connectivity index (χ4v) is 2.12. The van der Waals surface area contributed by atoms with Gasteiger partial charge in [-0.25, -0.2) is 8.42 Å². The number of nitrogens with one attached hydrogen (secondary N) is 1. The van der Waals surface area contributed by atoms with Crippen LogP contribution in [0.15, 0.2) is 0 Å². The quantitative estimate of drug-likeness (QED) is 0.631. The Balaban J connectivity index is 2.05. The predicted octanol–water partition coefficient (Wildman–Crippen LogP) is 0.378. The van der Waals surface area contributed by atoms with Crippen LogP contribution >= 0.6 is 0 Å². The zero-order valence-electron chi connectivity index (χ0n) is 7.29. The Hall–Kier alpha value is -0.0900. The third-order valence-corrected chi connectivity index (χ3v) is 3.09. The van der Waals surface area contributed by atoms with E-state index in [1.807, 2.05) is 0 Å². The highest BCUT2D eigenvalue weighted by atomic mass is 32.2. The van der Waals surface area contributed by atoms with Gasteiger partial charge in [0.1, 0.15) is 10.7 Å². The van der Waals surface area contributed by atoms with Crippen LogP contribution in [0.4, 0.5) is 0 Å². The summed E-state index contributed by atoms with van der Waals surface area (Å²) in [5.74, 6) is 1.14. The van der Waals surface area contributed by atoms with Crippen molar-refractivity contribution in [1.29, 1.82) is 0 Å². The Morgan fingerprint density at radius 2 is 1.92 bits per heavy atom. The molecular weight excluding hydrogens is 174 g/mol. The van der Waals surface area contributed by atoms with Crippen molar-refractivity contribution < 1.29 is 8.42 Å². The van der Waals surface area contributed by atoms with E-state index in [0.29, 0.717) is 5.75 Å². The molecule has 0 spiro atoms. The second-order valence-electron chi connectivity index (χ2n) is 3.39. The number of rotatable bonds is 4. The maximum atomic E-state index is 10.3. The molecule has 0 aromatic heterocycles. The first-order valence-electron chi connectivity index (χ1n) is 4.61. The number of thiol groups is 1. The molecule has 12 heavy (non-hydrogen) atoms. The van der Waals surface area contributed by atoms with Gasteiger partial charge in [0, 0.05) is 5.75 Å². The maximum absolute atomic E-state index is 10.3. The molecule has 1 saturated heterocycles. The minimum absolute atomic E-state index is 0.374. The summed E-state index contributed by atoms with van der Waals surface area (Å²) in [6.45, 7) is 2.21. The van der Waals surface area contributed by atoms with E-state index in [4.69, 9.17) is 0 Å². The van der Waals surface area contributed by atoms with Crippen molar-refractivity contribution in [3.63, 3.8) is 0 Å². The SMILES string of the molecule is O=[SH](=O)CCCC1CCNCC1.